The van der Waals surface area contributed by atoms with Crippen LogP contribution >= 0.6 is 31.9 Å². The summed E-state index contributed by atoms with van der Waals surface area (Å²) in [5.41, 5.74) is 1.68. The minimum Gasteiger partial charge on any atom is -0.421 e. The van der Waals surface area contributed by atoms with Crippen molar-refractivity contribution in [3.63, 3.8) is 0 Å². The Bertz CT molecular complexity index is 1860. The Morgan fingerprint density at radius 2 is 1.69 bits per heavy atom. The van der Waals surface area contributed by atoms with Crippen LogP contribution in [0, 0.1) is 0 Å². The highest BCUT2D eigenvalue weighted by molar-refractivity contribution is 9.11. The molecule has 3 heterocycles. The van der Waals surface area contributed by atoms with Gasteiger partial charge in [-0.2, -0.15) is 0 Å². The standard InChI is InChI=1S/C27H15Br2N3O3/c28-19-12-18-13-20(27(34)35-24(18)21(29)14-19)26(33)31-25-23(30-22-7-3-4-10-32(22)25)17-9-8-15-5-1-2-6-16(15)11-17/h1-14H,(H,31,33). The number of hydrogen-bond donors (Lipinski definition) is 1. The van der Waals surface area contributed by atoms with E-state index in [4.69, 9.17) is 9.40 Å². The van der Waals surface area contributed by atoms with Crippen molar-refractivity contribution in [2.45, 2.75) is 0 Å². The van der Waals surface area contributed by atoms with Crippen LogP contribution in [0.3, 0.4) is 0 Å². The summed E-state index contributed by atoms with van der Waals surface area (Å²) in [6.07, 6.45) is 1.82. The molecule has 0 fully saturated rings. The number of nitrogens with zero attached hydrogens (tertiary/aromatic N) is 2. The molecule has 0 spiro atoms. The van der Waals surface area contributed by atoms with Gasteiger partial charge in [0.15, 0.2) is 5.58 Å². The summed E-state index contributed by atoms with van der Waals surface area (Å²) < 4.78 is 8.66. The Labute approximate surface area is 215 Å². The Balaban J connectivity index is 1.48. The molecule has 3 aromatic heterocycles. The van der Waals surface area contributed by atoms with Crippen molar-refractivity contribution in [1.82, 2.24) is 9.38 Å². The maximum atomic E-state index is 13.4. The molecule has 0 bridgehead atoms. The van der Waals surface area contributed by atoms with E-state index in [9.17, 15) is 9.59 Å². The molecule has 0 aliphatic carbocycles. The highest BCUT2D eigenvalue weighted by atomic mass is 79.9. The van der Waals surface area contributed by atoms with Gasteiger partial charge in [-0.15, -0.1) is 0 Å². The first-order valence-corrected chi connectivity index (χ1v) is 12.3. The number of anilines is 1. The zero-order chi connectivity index (χ0) is 24.1. The zero-order valence-corrected chi connectivity index (χ0v) is 21.1. The van der Waals surface area contributed by atoms with E-state index in [2.05, 4.69) is 37.2 Å². The highest BCUT2D eigenvalue weighted by Gasteiger charge is 2.21. The second-order valence-electron chi connectivity index (χ2n) is 8.01. The first-order chi connectivity index (χ1) is 17.0. The molecular formula is C27H15Br2N3O3. The van der Waals surface area contributed by atoms with Gasteiger partial charge in [0.05, 0.1) is 4.47 Å². The molecule has 0 unspecified atom stereocenters. The maximum absolute atomic E-state index is 13.4. The molecule has 0 aliphatic rings. The van der Waals surface area contributed by atoms with Gasteiger partial charge in [0, 0.05) is 21.6 Å². The minimum absolute atomic E-state index is 0.0992. The predicted molar refractivity (Wildman–Crippen MR) is 144 cm³/mol. The fraction of sp³-hybridized carbons (Fsp3) is 0. The number of pyridine rings is 1. The van der Waals surface area contributed by atoms with E-state index in [1.54, 1.807) is 16.5 Å². The Morgan fingerprint density at radius 3 is 2.54 bits per heavy atom. The average molecular weight is 589 g/mol. The first-order valence-electron chi connectivity index (χ1n) is 10.7. The van der Waals surface area contributed by atoms with Crippen LogP contribution in [-0.4, -0.2) is 15.3 Å². The second kappa shape index (κ2) is 8.48. The molecule has 0 saturated heterocycles. The molecule has 8 heteroatoms. The lowest BCUT2D eigenvalue weighted by Crippen LogP contribution is -2.21. The number of benzene rings is 3. The number of amides is 1. The summed E-state index contributed by atoms with van der Waals surface area (Å²) in [5.74, 6) is -0.111. The van der Waals surface area contributed by atoms with Gasteiger partial charge in [-0.1, -0.05) is 58.4 Å². The normalized spacial score (nSPS) is 11.4. The smallest absolute Gasteiger partial charge is 0.349 e. The largest absolute Gasteiger partial charge is 0.421 e. The van der Waals surface area contributed by atoms with Crippen LogP contribution < -0.4 is 10.9 Å². The summed E-state index contributed by atoms with van der Waals surface area (Å²) in [6, 6.07) is 24.8. The quantitative estimate of drug-likeness (QED) is 0.225. The van der Waals surface area contributed by atoms with Crippen LogP contribution in [0.1, 0.15) is 10.4 Å². The number of aromatic nitrogens is 2. The molecule has 6 aromatic rings. The summed E-state index contributed by atoms with van der Waals surface area (Å²) >= 11 is 6.83. The Hall–Kier alpha value is -3.75. The summed E-state index contributed by atoms with van der Waals surface area (Å²) in [7, 11) is 0. The molecule has 0 atom stereocenters. The van der Waals surface area contributed by atoms with E-state index < -0.39 is 11.5 Å². The van der Waals surface area contributed by atoms with Gasteiger partial charge in [0.25, 0.3) is 5.91 Å². The van der Waals surface area contributed by atoms with Crippen molar-refractivity contribution in [3.8, 4) is 11.3 Å². The van der Waals surface area contributed by atoms with Crippen LogP contribution in [0.5, 0.6) is 0 Å². The van der Waals surface area contributed by atoms with Gasteiger partial charge < -0.3 is 9.73 Å². The highest BCUT2D eigenvalue weighted by Crippen LogP contribution is 2.32. The van der Waals surface area contributed by atoms with Crippen molar-refractivity contribution >= 4 is 71.0 Å². The van der Waals surface area contributed by atoms with Gasteiger partial charge in [0.2, 0.25) is 0 Å². The monoisotopic (exact) mass is 587 g/mol. The van der Waals surface area contributed by atoms with E-state index >= 15 is 0 Å². The molecule has 35 heavy (non-hydrogen) atoms. The lowest BCUT2D eigenvalue weighted by molar-refractivity contribution is 0.102. The van der Waals surface area contributed by atoms with Crippen LogP contribution in [-0.2, 0) is 0 Å². The Kier molecular flexibility index (Phi) is 5.27. The van der Waals surface area contributed by atoms with Crippen LogP contribution in [0.2, 0.25) is 0 Å². The number of imidazole rings is 1. The van der Waals surface area contributed by atoms with Crippen LogP contribution in [0.4, 0.5) is 5.82 Å². The molecule has 3 aromatic carbocycles. The zero-order valence-electron chi connectivity index (χ0n) is 18.0. The van der Waals surface area contributed by atoms with Crippen molar-refractivity contribution in [2.75, 3.05) is 5.32 Å². The van der Waals surface area contributed by atoms with E-state index in [1.807, 2.05) is 66.9 Å². The molecule has 0 aliphatic heterocycles. The number of rotatable bonds is 3. The second-order valence-corrected chi connectivity index (χ2v) is 9.78. The van der Waals surface area contributed by atoms with E-state index in [-0.39, 0.29) is 5.56 Å². The van der Waals surface area contributed by atoms with Crippen molar-refractivity contribution < 1.29 is 9.21 Å². The van der Waals surface area contributed by atoms with Crippen molar-refractivity contribution in [2.24, 2.45) is 0 Å². The molecule has 0 saturated carbocycles. The topological polar surface area (TPSA) is 76.6 Å². The number of carbonyl (C=O) groups is 1. The molecule has 1 amide bonds. The molecule has 170 valence electrons. The van der Waals surface area contributed by atoms with E-state index in [1.165, 1.54) is 6.07 Å². The van der Waals surface area contributed by atoms with Gasteiger partial charge >= 0.3 is 5.63 Å². The Morgan fingerprint density at radius 1 is 0.886 bits per heavy atom. The van der Waals surface area contributed by atoms with Crippen LogP contribution in [0.25, 0.3) is 38.6 Å². The first kappa shape index (κ1) is 21.8. The third-order valence-electron chi connectivity index (χ3n) is 5.78. The number of nitrogens with one attached hydrogen (secondary N) is 1. The predicted octanol–water partition coefficient (Wildman–Crippen LogP) is 7.04. The SMILES string of the molecule is O=C(Nc1c(-c2ccc3ccccc3c2)nc2ccccn12)c1cc2cc(Br)cc(Br)c2oc1=O. The van der Waals surface area contributed by atoms with Gasteiger partial charge in [-0.05, 0) is 63.1 Å². The van der Waals surface area contributed by atoms with Gasteiger partial charge in [0.1, 0.15) is 22.7 Å². The van der Waals surface area contributed by atoms with Gasteiger partial charge in [-0.25, -0.2) is 9.78 Å². The molecular weight excluding hydrogens is 574 g/mol. The van der Waals surface area contributed by atoms with E-state index in [0.717, 1.165) is 20.8 Å². The molecule has 6 rings (SSSR count). The third-order valence-corrected chi connectivity index (χ3v) is 6.83. The summed E-state index contributed by atoms with van der Waals surface area (Å²) in [4.78, 5) is 30.8. The summed E-state index contributed by atoms with van der Waals surface area (Å²) in [6.45, 7) is 0. The number of halogens is 2. The third kappa shape index (κ3) is 3.84. The van der Waals surface area contributed by atoms with Crippen LogP contribution in [0.15, 0.2) is 103 Å². The average Bonchev–Trinajstić information content (AvgIpc) is 3.22. The summed E-state index contributed by atoms with van der Waals surface area (Å²) in [5, 5.41) is 5.69. The van der Waals surface area contributed by atoms with E-state index in [0.29, 0.717) is 32.6 Å². The number of carbonyl (C=O) groups excluding carboxylic acids is 1. The molecule has 1 N–H and O–H groups in total. The number of hydrogen-bond acceptors (Lipinski definition) is 4. The number of fused-ring (bicyclic) bond motifs is 3. The maximum Gasteiger partial charge on any atom is 0.349 e. The fourth-order valence-electron chi connectivity index (χ4n) is 4.14. The molecule has 6 nitrogen and oxygen atoms in total. The fourth-order valence-corrected chi connectivity index (χ4v) is 5.48. The lowest BCUT2D eigenvalue weighted by Gasteiger charge is -2.09. The van der Waals surface area contributed by atoms with Gasteiger partial charge in [-0.3, -0.25) is 9.20 Å². The molecule has 0 radical (unpaired) electrons. The minimum atomic E-state index is -0.723. The lowest BCUT2D eigenvalue weighted by atomic mass is 10.0. The van der Waals surface area contributed by atoms with Crippen molar-refractivity contribution in [3.05, 3.63) is 110 Å². The van der Waals surface area contributed by atoms with Crippen molar-refractivity contribution in [1.29, 1.82) is 0 Å².